The van der Waals surface area contributed by atoms with Crippen LogP contribution in [0, 0.1) is 0 Å². The van der Waals surface area contributed by atoms with Crippen molar-refractivity contribution in [3.63, 3.8) is 0 Å². The third kappa shape index (κ3) is 7.48. The van der Waals surface area contributed by atoms with Gasteiger partial charge >= 0.3 is 0 Å². The van der Waals surface area contributed by atoms with E-state index in [9.17, 15) is 0 Å². The summed E-state index contributed by atoms with van der Waals surface area (Å²) in [6.07, 6.45) is 13.7. The molecule has 0 radical (unpaired) electrons. The Morgan fingerprint density at radius 3 is 2.10 bits per heavy atom. The second-order valence-corrected chi connectivity index (χ2v) is 2.41. The number of hydrogen-bond acceptors (Lipinski definition) is 0. The van der Waals surface area contributed by atoms with Crippen LogP contribution in [0.3, 0.4) is 0 Å². The van der Waals surface area contributed by atoms with E-state index in [4.69, 9.17) is 0 Å². The minimum absolute atomic E-state index is 1.19. The Morgan fingerprint density at radius 1 is 0.900 bits per heavy atom. The van der Waals surface area contributed by atoms with Crippen molar-refractivity contribution >= 4 is 0 Å². The first-order valence-electron chi connectivity index (χ1n) is 4.18. The first-order valence-corrected chi connectivity index (χ1v) is 4.18. The molecular formula is C10H18. The van der Waals surface area contributed by atoms with E-state index in [1.165, 1.54) is 25.7 Å². The number of unbranched alkanes of at least 4 members (excludes halogenated alkanes) is 2. The van der Waals surface area contributed by atoms with Gasteiger partial charge < -0.3 is 0 Å². The topological polar surface area (TPSA) is 0 Å². The lowest BCUT2D eigenvalue weighted by Crippen LogP contribution is -1.65. The highest BCUT2D eigenvalue weighted by atomic mass is 13.8. The fourth-order valence-electron chi connectivity index (χ4n) is 0.761. The van der Waals surface area contributed by atoms with Gasteiger partial charge in [-0.25, -0.2) is 0 Å². The maximum absolute atomic E-state index is 2.27. The highest BCUT2D eigenvalue weighted by Gasteiger charge is 1.74. The van der Waals surface area contributed by atoms with Gasteiger partial charge in [0.25, 0.3) is 0 Å². The number of hydrogen-bond donors (Lipinski definition) is 0. The van der Waals surface area contributed by atoms with Crippen LogP contribution in [-0.2, 0) is 0 Å². The first-order chi connectivity index (χ1) is 4.91. The Labute approximate surface area is 64.6 Å². The molecule has 0 aliphatic rings. The molecule has 0 heteroatoms. The van der Waals surface area contributed by atoms with Gasteiger partial charge in [0.05, 0.1) is 0 Å². The second-order valence-electron chi connectivity index (χ2n) is 2.41. The molecule has 0 atom stereocenters. The summed E-state index contributed by atoms with van der Waals surface area (Å²) >= 11 is 0. The van der Waals surface area contributed by atoms with Gasteiger partial charge in [-0.3, -0.25) is 0 Å². The van der Waals surface area contributed by atoms with Gasteiger partial charge in [0.2, 0.25) is 0 Å². The second kappa shape index (κ2) is 8.48. The zero-order valence-corrected chi connectivity index (χ0v) is 7.14. The quantitative estimate of drug-likeness (QED) is 0.401. The van der Waals surface area contributed by atoms with Crippen molar-refractivity contribution in [3.05, 3.63) is 24.3 Å². The summed E-state index contributed by atoms with van der Waals surface area (Å²) < 4.78 is 0. The first kappa shape index (κ1) is 9.48. The van der Waals surface area contributed by atoms with Crippen LogP contribution < -0.4 is 0 Å². The Kier molecular flexibility index (Phi) is 8.04. The van der Waals surface area contributed by atoms with Crippen molar-refractivity contribution in [2.45, 2.75) is 39.5 Å². The lowest BCUT2D eigenvalue weighted by Gasteiger charge is -1.85. The standard InChI is InChI=1S/C10H18/c1-3-5-7-9-10-8-6-4-2/h3,5,8,10H,4,6-7,9H2,1-2H3/b5-3?,10-8-. The van der Waals surface area contributed by atoms with Crippen molar-refractivity contribution in [1.29, 1.82) is 0 Å². The van der Waals surface area contributed by atoms with Crippen LogP contribution in [-0.4, -0.2) is 0 Å². The van der Waals surface area contributed by atoms with Crippen molar-refractivity contribution < 1.29 is 0 Å². The molecule has 0 saturated carbocycles. The zero-order chi connectivity index (χ0) is 7.66. The minimum Gasteiger partial charge on any atom is -0.0917 e. The van der Waals surface area contributed by atoms with Gasteiger partial charge in [0.15, 0.2) is 0 Å². The van der Waals surface area contributed by atoms with Gasteiger partial charge in [0.1, 0.15) is 0 Å². The number of allylic oxidation sites excluding steroid dienone is 4. The SMILES string of the molecule is CC=CCC/C=C\CCC. The van der Waals surface area contributed by atoms with Crippen LogP contribution >= 0.6 is 0 Å². The predicted molar refractivity (Wildman–Crippen MR) is 48.1 cm³/mol. The van der Waals surface area contributed by atoms with E-state index >= 15 is 0 Å². The van der Waals surface area contributed by atoms with Gasteiger partial charge in [-0.2, -0.15) is 0 Å². The molecule has 0 heterocycles. The highest BCUT2D eigenvalue weighted by Crippen LogP contribution is 1.95. The number of rotatable bonds is 5. The molecule has 0 rings (SSSR count). The molecule has 10 heavy (non-hydrogen) atoms. The Morgan fingerprint density at radius 2 is 1.50 bits per heavy atom. The van der Waals surface area contributed by atoms with Crippen LogP contribution in [0.25, 0.3) is 0 Å². The molecule has 0 nitrogen and oxygen atoms in total. The molecule has 0 amide bonds. The maximum atomic E-state index is 2.27. The molecule has 0 aromatic heterocycles. The Balaban J connectivity index is 3.02. The van der Waals surface area contributed by atoms with E-state index in [1.54, 1.807) is 0 Å². The van der Waals surface area contributed by atoms with Crippen LogP contribution in [0.15, 0.2) is 24.3 Å². The summed E-state index contributed by atoms with van der Waals surface area (Å²) in [7, 11) is 0. The molecular weight excluding hydrogens is 120 g/mol. The lowest BCUT2D eigenvalue weighted by molar-refractivity contribution is 0.943. The Bertz CT molecular complexity index is 98.6. The summed E-state index contributed by atoms with van der Waals surface area (Å²) in [4.78, 5) is 0. The minimum atomic E-state index is 1.19. The van der Waals surface area contributed by atoms with E-state index in [-0.39, 0.29) is 0 Å². The Hall–Kier alpha value is -0.520. The zero-order valence-electron chi connectivity index (χ0n) is 7.14. The molecule has 0 aromatic carbocycles. The lowest BCUT2D eigenvalue weighted by atomic mass is 10.2. The molecule has 0 bridgehead atoms. The summed E-state index contributed by atoms with van der Waals surface area (Å²) in [6.45, 7) is 4.27. The highest BCUT2D eigenvalue weighted by molar-refractivity contribution is 4.86. The summed E-state index contributed by atoms with van der Waals surface area (Å²) in [5.74, 6) is 0. The van der Waals surface area contributed by atoms with Crippen LogP contribution in [0.1, 0.15) is 39.5 Å². The molecule has 0 unspecified atom stereocenters. The summed E-state index contributed by atoms with van der Waals surface area (Å²) in [6, 6.07) is 0. The summed E-state index contributed by atoms with van der Waals surface area (Å²) in [5, 5.41) is 0. The molecule has 0 aliphatic heterocycles. The van der Waals surface area contributed by atoms with Gasteiger partial charge in [-0.05, 0) is 26.2 Å². The molecule has 0 aromatic rings. The van der Waals surface area contributed by atoms with Crippen LogP contribution in [0.5, 0.6) is 0 Å². The average Bonchev–Trinajstić information content (AvgIpc) is 1.97. The van der Waals surface area contributed by atoms with Gasteiger partial charge in [0, 0.05) is 0 Å². The van der Waals surface area contributed by atoms with Gasteiger partial charge in [-0.1, -0.05) is 37.6 Å². The third-order valence-corrected chi connectivity index (χ3v) is 1.36. The summed E-state index contributed by atoms with van der Waals surface area (Å²) in [5.41, 5.74) is 0. The van der Waals surface area contributed by atoms with Crippen molar-refractivity contribution in [2.75, 3.05) is 0 Å². The smallest absolute Gasteiger partial charge is 0.0316 e. The van der Waals surface area contributed by atoms with Crippen molar-refractivity contribution in [3.8, 4) is 0 Å². The normalized spacial score (nSPS) is 11.8. The fourth-order valence-corrected chi connectivity index (χ4v) is 0.761. The van der Waals surface area contributed by atoms with Crippen molar-refractivity contribution in [2.24, 2.45) is 0 Å². The largest absolute Gasteiger partial charge is 0.0917 e. The van der Waals surface area contributed by atoms with Crippen molar-refractivity contribution in [1.82, 2.24) is 0 Å². The van der Waals surface area contributed by atoms with E-state index in [1.807, 2.05) is 0 Å². The monoisotopic (exact) mass is 138 g/mol. The van der Waals surface area contributed by atoms with Crippen LogP contribution in [0.4, 0.5) is 0 Å². The van der Waals surface area contributed by atoms with Crippen LogP contribution in [0.2, 0.25) is 0 Å². The molecule has 0 aliphatic carbocycles. The third-order valence-electron chi connectivity index (χ3n) is 1.36. The van der Waals surface area contributed by atoms with Gasteiger partial charge in [-0.15, -0.1) is 0 Å². The van der Waals surface area contributed by atoms with E-state index in [0.717, 1.165) is 0 Å². The molecule has 0 saturated heterocycles. The maximum Gasteiger partial charge on any atom is -0.0316 e. The fraction of sp³-hybridized carbons (Fsp3) is 0.600. The molecule has 0 fully saturated rings. The van der Waals surface area contributed by atoms with E-state index < -0.39 is 0 Å². The predicted octanol–water partition coefficient (Wildman–Crippen LogP) is 3.70. The molecule has 0 spiro atoms. The van der Waals surface area contributed by atoms with E-state index in [2.05, 4.69) is 38.2 Å². The molecule has 58 valence electrons. The average molecular weight is 138 g/mol. The van der Waals surface area contributed by atoms with E-state index in [0.29, 0.717) is 0 Å². The molecule has 0 N–H and O–H groups in total.